The lowest BCUT2D eigenvalue weighted by Crippen LogP contribution is -2.47. The zero-order valence-electron chi connectivity index (χ0n) is 39.9. The molecule has 12 nitrogen and oxygen atoms in total. The predicted molar refractivity (Wildman–Crippen MR) is 269 cm³/mol. The number of anilines is 5. The zero-order valence-corrected chi connectivity index (χ0v) is 40.7. The number of carbonyl (C=O) groups excluding carboxylic acids is 3. The van der Waals surface area contributed by atoms with Gasteiger partial charge in [0, 0.05) is 62.2 Å². The van der Waals surface area contributed by atoms with E-state index in [1.54, 1.807) is 34.4 Å². The number of aliphatic hydroxyl groups is 1. The second kappa shape index (κ2) is 20.5. The van der Waals surface area contributed by atoms with Crippen molar-refractivity contribution in [3.63, 3.8) is 0 Å². The number of ketones is 1. The van der Waals surface area contributed by atoms with Crippen molar-refractivity contribution < 1.29 is 19.5 Å². The van der Waals surface area contributed by atoms with Crippen LogP contribution < -0.4 is 20.4 Å². The van der Waals surface area contributed by atoms with Crippen LogP contribution in [0.5, 0.6) is 0 Å². The van der Waals surface area contributed by atoms with E-state index < -0.39 is 17.4 Å². The summed E-state index contributed by atoms with van der Waals surface area (Å²) in [6, 6.07) is 24.3. The van der Waals surface area contributed by atoms with Crippen LogP contribution >= 0.6 is 11.3 Å². The minimum Gasteiger partial charge on any atom is -0.391 e. The minimum atomic E-state index is -0.662. The Morgan fingerprint density at radius 1 is 0.955 bits per heavy atom. The van der Waals surface area contributed by atoms with Crippen molar-refractivity contribution in [1.82, 2.24) is 25.2 Å². The molecular weight excluding hydrogens is 857 g/mol. The predicted octanol–water partition coefficient (Wildman–Crippen LogP) is 10.9. The Kier molecular flexibility index (Phi) is 14.6. The van der Waals surface area contributed by atoms with Gasteiger partial charge in [0.1, 0.15) is 11.5 Å². The average molecular weight is 923 g/mol. The second-order valence-corrected chi connectivity index (χ2v) is 20.7. The monoisotopic (exact) mass is 922 g/mol. The highest BCUT2D eigenvalue weighted by Gasteiger charge is 2.43. The molecule has 3 aliphatic rings. The Labute approximate surface area is 399 Å². The summed E-state index contributed by atoms with van der Waals surface area (Å²) in [6.45, 7) is 14.7. The zero-order chi connectivity index (χ0) is 47.4. The molecule has 1 aliphatic carbocycles. The maximum atomic E-state index is 14.3. The lowest BCUT2D eigenvalue weighted by atomic mass is 9.76. The summed E-state index contributed by atoms with van der Waals surface area (Å²) >= 11 is 1.63. The van der Waals surface area contributed by atoms with Crippen LogP contribution in [0.25, 0.3) is 10.4 Å². The van der Waals surface area contributed by atoms with Gasteiger partial charge in [-0.25, -0.2) is 9.97 Å². The van der Waals surface area contributed by atoms with Gasteiger partial charge in [-0.2, -0.15) is 4.98 Å². The number of nitrogens with zero attached hydrogens (tertiary/aromatic N) is 6. The number of likely N-dealkylation sites (tertiary alicyclic amines) is 1. The number of aromatic nitrogens is 3. The number of aryl methyl sites for hydroxylation is 2. The summed E-state index contributed by atoms with van der Waals surface area (Å²) in [5, 5.41) is 17.7. The second-order valence-electron chi connectivity index (χ2n) is 19.8. The fraction of sp³-hybridized carbons (Fsp3) is 0.444. The number of fused-ring (bicyclic) bond motifs is 2. The molecule has 1 saturated heterocycles. The SMILES string of the molecule is C=C(N[C@@H](C)c1ccc(-c2scnc2C)cc1)[C@@H]1C[C@@H](O)CN1C(=O)[C@@H](CC(=O)CCCCCc1ccc(Nc2ncc3c(n2)N(C2CCCC2)c2ccccc2C(=O)N3C)cc1)C(C)(C)C. The number of aliphatic hydroxyl groups excluding tert-OH is 1. The molecule has 3 N–H and O–H groups in total. The number of Topliss-reactive ketones (excluding diaryl/α,β-unsaturated/α-hetero) is 1. The number of para-hydroxylation sites is 1. The Morgan fingerprint density at radius 2 is 1.69 bits per heavy atom. The van der Waals surface area contributed by atoms with Gasteiger partial charge >= 0.3 is 0 Å². The van der Waals surface area contributed by atoms with Gasteiger partial charge in [0.2, 0.25) is 11.9 Å². The number of unbranched alkanes of at least 4 members (excludes halogenated alkanes) is 2. The first kappa shape index (κ1) is 47.6. The van der Waals surface area contributed by atoms with Crippen LogP contribution in [0, 0.1) is 18.3 Å². The Morgan fingerprint density at radius 3 is 2.39 bits per heavy atom. The van der Waals surface area contributed by atoms with E-state index in [2.05, 4.69) is 75.4 Å². The Bertz CT molecular complexity index is 2560. The molecule has 0 radical (unpaired) electrons. The van der Waals surface area contributed by atoms with Gasteiger partial charge in [0.05, 0.1) is 45.7 Å². The maximum Gasteiger partial charge on any atom is 0.260 e. The number of hydrogen-bond acceptors (Lipinski definition) is 11. The normalized spacial score (nSPS) is 18.3. The van der Waals surface area contributed by atoms with Gasteiger partial charge in [-0.1, -0.05) is 95.1 Å². The summed E-state index contributed by atoms with van der Waals surface area (Å²) in [5.41, 5.74) is 9.67. The van der Waals surface area contributed by atoms with E-state index in [0.717, 1.165) is 90.3 Å². The van der Waals surface area contributed by atoms with Crippen molar-refractivity contribution in [3.8, 4) is 10.4 Å². The molecule has 2 aliphatic heterocycles. The van der Waals surface area contributed by atoms with Crippen LogP contribution in [-0.4, -0.2) is 74.3 Å². The fourth-order valence-corrected chi connectivity index (χ4v) is 10.8. The van der Waals surface area contributed by atoms with Gasteiger partial charge in [-0.3, -0.25) is 14.4 Å². The van der Waals surface area contributed by atoms with Crippen molar-refractivity contribution in [2.75, 3.05) is 28.7 Å². The van der Waals surface area contributed by atoms with E-state index in [-0.39, 0.29) is 48.7 Å². The molecule has 5 aromatic rings. The van der Waals surface area contributed by atoms with Crippen LogP contribution in [0.15, 0.2) is 96.8 Å². The number of nitrogens with one attached hydrogen (secondary N) is 2. The summed E-state index contributed by atoms with van der Waals surface area (Å²) in [7, 11) is 1.79. The van der Waals surface area contributed by atoms with E-state index >= 15 is 0 Å². The van der Waals surface area contributed by atoms with Gasteiger partial charge < -0.3 is 30.4 Å². The molecule has 67 heavy (non-hydrogen) atoms. The molecule has 8 rings (SSSR count). The van der Waals surface area contributed by atoms with Crippen molar-refractivity contribution in [1.29, 1.82) is 0 Å². The Balaban J connectivity index is 0.816. The first-order chi connectivity index (χ1) is 32.2. The fourth-order valence-electron chi connectivity index (χ4n) is 9.99. The maximum absolute atomic E-state index is 14.3. The van der Waals surface area contributed by atoms with Gasteiger partial charge in [0.15, 0.2) is 5.82 Å². The molecule has 2 aromatic heterocycles. The van der Waals surface area contributed by atoms with Crippen molar-refractivity contribution in [2.45, 2.75) is 129 Å². The first-order valence-corrected chi connectivity index (χ1v) is 24.9. The molecule has 2 amide bonds. The van der Waals surface area contributed by atoms with Crippen LogP contribution in [-0.2, 0) is 16.0 Å². The smallest absolute Gasteiger partial charge is 0.260 e. The Hall–Kier alpha value is -5.92. The summed E-state index contributed by atoms with van der Waals surface area (Å²) in [5.74, 6) is 0.619. The molecule has 1 saturated carbocycles. The molecule has 4 atom stereocenters. The van der Waals surface area contributed by atoms with Crippen molar-refractivity contribution in [2.24, 2.45) is 11.3 Å². The summed E-state index contributed by atoms with van der Waals surface area (Å²) < 4.78 is 0. The number of benzene rings is 3. The highest BCUT2D eigenvalue weighted by Crippen LogP contribution is 2.44. The van der Waals surface area contributed by atoms with E-state index in [9.17, 15) is 19.5 Å². The molecule has 0 bridgehead atoms. The minimum absolute atomic E-state index is 0.0636. The highest BCUT2D eigenvalue weighted by molar-refractivity contribution is 7.13. The molecule has 4 heterocycles. The summed E-state index contributed by atoms with van der Waals surface area (Å²) in [6.07, 6.45) is 9.97. The third kappa shape index (κ3) is 10.8. The lowest BCUT2D eigenvalue weighted by molar-refractivity contribution is -0.142. The van der Waals surface area contributed by atoms with Crippen molar-refractivity contribution in [3.05, 3.63) is 119 Å². The largest absolute Gasteiger partial charge is 0.391 e. The quantitative estimate of drug-likeness (QED) is 0.0771. The number of hydrogen-bond donors (Lipinski definition) is 3. The van der Waals surface area contributed by atoms with E-state index in [1.807, 2.05) is 69.6 Å². The average Bonchev–Trinajstić information content (AvgIpc) is 4.09. The van der Waals surface area contributed by atoms with Crippen LogP contribution in [0.2, 0.25) is 0 Å². The lowest BCUT2D eigenvalue weighted by Gasteiger charge is -2.36. The molecule has 2 fully saturated rings. The molecule has 0 unspecified atom stereocenters. The van der Waals surface area contributed by atoms with E-state index in [4.69, 9.17) is 4.98 Å². The van der Waals surface area contributed by atoms with E-state index in [1.165, 1.54) is 5.56 Å². The molecule has 0 spiro atoms. The highest BCUT2D eigenvalue weighted by atomic mass is 32.1. The summed E-state index contributed by atoms with van der Waals surface area (Å²) in [4.78, 5) is 62.3. The van der Waals surface area contributed by atoms with Crippen molar-refractivity contribution >= 4 is 57.8 Å². The molecule has 13 heteroatoms. The van der Waals surface area contributed by atoms with Gasteiger partial charge in [-0.05, 0) is 92.3 Å². The van der Waals surface area contributed by atoms with E-state index in [0.29, 0.717) is 35.7 Å². The number of rotatable bonds is 17. The molecule has 3 aromatic carbocycles. The van der Waals surface area contributed by atoms with Crippen LogP contribution in [0.3, 0.4) is 0 Å². The third-order valence-electron chi connectivity index (χ3n) is 13.9. The number of amides is 2. The van der Waals surface area contributed by atoms with Gasteiger partial charge in [-0.15, -0.1) is 11.3 Å². The third-order valence-corrected chi connectivity index (χ3v) is 14.9. The van der Waals surface area contributed by atoms with Crippen LogP contribution in [0.1, 0.15) is 125 Å². The van der Waals surface area contributed by atoms with Crippen LogP contribution in [0.4, 0.5) is 28.8 Å². The number of thiazole rings is 1. The molecule has 352 valence electrons. The number of β-amino-alcohol motifs (C(OH)–C–C–N with tert-alkyl or cyclic N) is 1. The molecular formula is C54H66N8O4S. The first-order valence-electron chi connectivity index (χ1n) is 24.0. The standard InChI is InChI=1S/C54H66N8O4S/c1-34(38-23-25-39(26-24-38)49-36(3)56-33-67-49)57-35(2)47-30-43(64)32-61(47)52(66)45(54(4,5)6)29-42(63)18-10-8-9-15-37-21-27-40(28-22-37)58-53-55-31-48-50(59-53)62(41-16-11-12-17-41)46-20-14-13-19-44(46)51(65)60(48)7/h13-14,19-28,31,33-34,41,43,45,47,57,64H,2,8-12,15-18,29-30,32H2,1,3-7H3,(H,55,58,59)/t34-,43+,45+,47-/m0/s1. The number of carbonyl (C=O) groups is 3. The topological polar surface area (TPSA) is 144 Å². The van der Waals surface area contributed by atoms with Gasteiger partial charge in [0.25, 0.3) is 5.91 Å².